The number of anilines is 3. The van der Waals surface area contributed by atoms with Crippen LogP contribution < -0.4 is 28.1 Å². The summed E-state index contributed by atoms with van der Waals surface area (Å²) in [6, 6.07) is 15.7. The minimum absolute atomic E-state index is 0.0363. The molecule has 11 nitrogen and oxygen atoms in total. The summed E-state index contributed by atoms with van der Waals surface area (Å²) < 4.78 is 1.49. The Labute approximate surface area is 200 Å². The number of nitrogen functional groups attached to an aromatic ring is 2. The van der Waals surface area contributed by atoms with Crippen molar-refractivity contribution < 1.29 is 4.79 Å². The number of rotatable bonds is 7. The van der Waals surface area contributed by atoms with E-state index in [1.807, 2.05) is 24.3 Å². The average Bonchev–Trinajstić information content (AvgIpc) is 2.82. The molecule has 0 aliphatic heterocycles. The van der Waals surface area contributed by atoms with Crippen LogP contribution in [0.15, 0.2) is 53.3 Å². The van der Waals surface area contributed by atoms with Gasteiger partial charge in [-0.25, -0.2) is 4.98 Å². The van der Waals surface area contributed by atoms with Crippen LogP contribution in [0.2, 0.25) is 0 Å². The number of nitrogens with two attached hydrogens (primary N) is 3. The third-order valence-corrected chi connectivity index (χ3v) is 5.47. The Kier molecular flexibility index (Phi) is 6.28. The first kappa shape index (κ1) is 23.2. The Morgan fingerprint density at radius 3 is 2.54 bits per heavy atom. The number of nitrogens with zero attached hydrogens (tertiary/aromatic N) is 5. The van der Waals surface area contributed by atoms with Crippen molar-refractivity contribution in [1.82, 2.24) is 19.5 Å². The van der Waals surface area contributed by atoms with Crippen LogP contribution in [-0.2, 0) is 11.2 Å². The van der Waals surface area contributed by atoms with Gasteiger partial charge in [0.05, 0.1) is 22.6 Å². The van der Waals surface area contributed by atoms with Gasteiger partial charge in [0.1, 0.15) is 23.3 Å². The zero-order chi connectivity index (χ0) is 25.1. The number of primary amides is 1. The van der Waals surface area contributed by atoms with Crippen LogP contribution in [0.25, 0.3) is 16.6 Å². The standard InChI is InChI=1S/C24H23N9O2/c1-13(29-21-16(12-25)20(27)31-24(28)32-21)22-30-17-9-5-6-14(10-11-18(26)34)19(17)23(35)33(22)15-7-3-2-4-8-15/h2-9,13H,10-11H2,1H3,(H2,26,34)(H5,27,28,29,31,32). The van der Waals surface area contributed by atoms with Crippen LogP contribution in [0.4, 0.5) is 17.6 Å². The predicted molar refractivity (Wildman–Crippen MR) is 132 cm³/mol. The van der Waals surface area contributed by atoms with E-state index in [-0.39, 0.29) is 35.1 Å². The molecule has 7 N–H and O–H groups in total. The maximum atomic E-state index is 13.9. The fraction of sp³-hybridized carbons (Fsp3) is 0.167. The summed E-state index contributed by atoms with van der Waals surface area (Å²) in [6.45, 7) is 1.78. The minimum Gasteiger partial charge on any atom is -0.382 e. The number of carbonyl (C=O) groups is 1. The first-order chi connectivity index (χ1) is 16.8. The molecule has 11 heteroatoms. The lowest BCUT2D eigenvalue weighted by Gasteiger charge is -2.21. The van der Waals surface area contributed by atoms with Crippen LogP contribution in [-0.4, -0.2) is 25.4 Å². The molecule has 2 aromatic heterocycles. The largest absolute Gasteiger partial charge is 0.382 e. The van der Waals surface area contributed by atoms with Crippen molar-refractivity contribution in [2.75, 3.05) is 16.8 Å². The normalized spacial score (nSPS) is 11.7. The van der Waals surface area contributed by atoms with Crippen molar-refractivity contribution in [3.05, 3.63) is 75.8 Å². The molecule has 2 heterocycles. The van der Waals surface area contributed by atoms with E-state index in [1.54, 1.807) is 37.3 Å². The molecule has 4 aromatic rings. The van der Waals surface area contributed by atoms with Crippen molar-refractivity contribution in [3.8, 4) is 11.8 Å². The molecule has 0 bridgehead atoms. The second-order valence-electron chi connectivity index (χ2n) is 7.89. The highest BCUT2D eigenvalue weighted by Gasteiger charge is 2.22. The summed E-state index contributed by atoms with van der Waals surface area (Å²) in [5.41, 5.74) is 18.4. The molecule has 0 aliphatic rings. The fourth-order valence-electron chi connectivity index (χ4n) is 3.88. The highest BCUT2D eigenvalue weighted by Crippen LogP contribution is 2.26. The van der Waals surface area contributed by atoms with Gasteiger partial charge in [0, 0.05) is 6.42 Å². The van der Waals surface area contributed by atoms with Gasteiger partial charge in [-0.15, -0.1) is 0 Å². The van der Waals surface area contributed by atoms with E-state index in [2.05, 4.69) is 15.3 Å². The Bertz CT molecular complexity index is 1520. The SMILES string of the molecule is CC(Nc1nc(N)nc(N)c1C#N)c1nc2cccc(CCC(N)=O)c2c(=O)n1-c1ccccc1. The van der Waals surface area contributed by atoms with E-state index in [9.17, 15) is 14.9 Å². The summed E-state index contributed by atoms with van der Waals surface area (Å²) in [4.78, 5) is 37.9. The number of nitriles is 1. The number of hydrogen-bond acceptors (Lipinski definition) is 9. The maximum Gasteiger partial charge on any atom is 0.266 e. The number of aromatic nitrogens is 4. The molecule has 35 heavy (non-hydrogen) atoms. The van der Waals surface area contributed by atoms with Crippen LogP contribution in [0.5, 0.6) is 0 Å². The zero-order valence-electron chi connectivity index (χ0n) is 18.9. The van der Waals surface area contributed by atoms with Gasteiger partial charge >= 0.3 is 0 Å². The van der Waals surface area contributed by atoms with Gasteiger partial charge in [-0.05, 0) is 37.1 Å². The third-order valence-electron chi connectivity index (χ3n) is 5.47. The Hall–Kier alpha value is -4.98. The van der Waals surface area contributed by atoms with E-state index >= 15 is 0 Å². The lowest BCUT2D eigenvalue weighted by atomic mass is 10.0. The molecule has 176 valence electrons. The molecule has 1 unspecified atom stereocenters. The summed E-state index contributed by atoms with van der Waals surface area (Å²) in [5.74, 6) is -0.0954. The zero-order valence-corrected chi connectivity index (χ0v) is 18.9. The smallest absolute Gasteiger partial charge is 0.266 e. The molecule has 0 spiro atoms. The van der Waals surface area contributed by atoms with E-state index in [4.69, 9.17) is 22.2 Å². The minimum atomic E-state index is -0.595. The summed E-state index contributed by atoms with van der Waals surface area (Å²) in [6.07, 6.45) is 0.424. The Morgan fingerprint density at radius 2 is 1.86 bits per heavy atom. The lowest BCUT2D eigenvalue weighted by Crippen LogP contribution is -2.28. The van der Waals surface area contributed by atoms with Crippen LogP contribution in [0.3, 0.4) is 0 Å². The molecular formula is C24H23N9O2. The molecule has 0 aliphatic carbocycles. The molecule has 0 fully saturated rings. The third kappa shape index (κ3) is 4.58. The molecule has 0 saturated heterocycles. The first-order valence-corrected chi connectivity index (χ1v) is 10.8. The number of nitrogens with one attached hydrogen (secondary N) is 1. The summed E-state index contributed by atoms with van der Waals surface area (Å²) in [5, 5.41) is 13.0. The number of carbonyl (C=O) groups excluding carboxylic acids is 1. The van der Waals surface area contributed by atoms with Gasteiger partial charge in [-0.3, -0.25) is 14.2 Å². The Morgan fingerprint density at radius 1 is 1.11 bits per heavy atom. The van der Waals surface area contributed by atoms with Gasteiger partial charge in [0.25, 0.3) is 5.56 Å². The topological polar surface area (TPSA) is 192 Å². The molecule has 1 atom stereocenters. The fourth-order valence-corrected chi connectivity index (χ4v) is 3.88. The van der Waals surface area contributed by atoms with Gasteiger partial charge in [0.2, 0.25) is 11.9 Å². The van der Waals surface area contributed by atoms with E-state index in [1.165, 1.54) is 4.57 Å². The van der Waals surface area contributed by atoms with Crippen molar-refractivity contribution in [2.45, 2.75) is 25.8 Å². The molecular weight excluding hydrogens is 446 g/mol. The first-order valence-electron chi connectivity index (χ1n) is 10.8. The highest BCUT2D eigenvalue weighted by atomic mass is 16.1. The monoisotopic (exact) mass is 469 g/mol. The number of para-hydroxylation sites is 1. The van der Waals surface area contributed by atoms with Crippen LogP contribution >= 0.6 is 0 Å². The lowest BCUT2D eigenvalue weighted by molar-refractivity contribution is -0.117. The van der Waals surface area contributed by atoms with Crippen molar-refractivity contribution in [1.29, 1.82) is 5.26 Å². The average molecular weight is 470 g/mol. The van der Waals surface area contributed by atoms with Crippen LogP contribution in [0, 0.1) is 11.3 Å². The van der Waals surface area contributed by atoms with Crippen LogP contribution in [0.1, 0.15) is 36.3 Å². The quantitative estimate of drug-likeness (QED) is 0.312. The second-order valence-corrected chi connectivity index (χ2v) is 7.89. The van der Waals surface area contributed by atoms with Crippen molar-refractivity contribution in [3.63, 3.8) is 0 Å². The molecule has 0 saturated carbocycles. The van der Waals surface area contributed by atoms with Gasteiger partial charge in [-0.1, -0.05) is 30.3 Å². The maximum absolute atomic E-state index is 13.9. The van der Waals surface area contributed by atoms with Gasteiger partial charge in [0.15, 0.2) is 5.82 Å². The number of aryl methyl sites for hydroxylation is 1. The number of hydrogen-bond donors (Lipinski definition) is 4. The Balaban J connectivity index is 1.92. The summed E-state index contributed by atoms with van der Waals surface area (Å²) in [7, 11) is 0. The number of amides is 1. The van der Waals surface area contributed by atoms with Crippen molar-refractivity contribution in [2.24, 2.45) is 5.73 Å². The summed E-state index contributed by atoms with van der Waals surface area (Å²) >= 11 is 0. The predicted octanol–water partition coefficient (Wildman–Crippen LogP) is 1.80. The van der Waals surface area contributed by atoms with Gasteiger partial charge in [-0.2, -0.15) is 15.2 Å². The van der Waals surface area contributed by atoms with Crippen molar-refractivity contribution >= 4 is 34.4 Å². The van der Waals surface area contributed by atoms with E-state index in [0.717, 1.165) is 0 Å². The molecule has 1 amide bonds. The van der Waals surface area contributed by atoms with Gasteiger partial charge < -0.3 is 22.5 Å². The van der Waals surface area contributed by atoms with E-state index in [0.29, 0.717) is 34.4 Å². The number of fused-ring (bicyclic) bond motifs is 1. The van der Waals surface area contributed by atoms with E-state index < -0.39 is 11.9 Å². The molecule has 4 rings (SSSR count). The highest BCUT2D eigenvalue weighted by molar-refractivity contribution is 5.83. The molecule has 2 aromatic carbocycles. The number of benzene rings is 2. The molecule has 0 radical (unpaired) electrons. The second kappa shape index (κ2) is 9.48.